The van der Waals surface area contributed by atoms with Crippen LogP contribution in [0, 0.1) is 0 Å². The molecule has 2 aromatic carbocycles. The van der Waals surface area contributed by atoms with Crippen molar-refractivity contribution in [3.05, 3.63) is 70.1 Å². The van der Waals surface area contributed by atoms with Crippen molar-refractivity contribution in [2.75, 3.05) is 5.73 Å². The molecule has 24 heavy (non-hydrogen) atoms. The standard InChI is InChI=1S/C17H13N3O4/c18-12-3-1-10(2-4-12)17(23)20-19-8-11-9-24-15-7-13(21)5-6-14(15)16(11)22/h1-9,21H,18H2,(H,20,23)/b19-8+. The number of nitrogens with zero attached hydrogens (tertiary/aromatic N) is 1. The number of benzene rings is 2. The average molecular weight is 323 g/mol. The topological polar surface area (TPSA) is 118 Å². The highest BCUT2D eigenvalue weighted by Crippen LogP contribution is 2.17. The summed E-state index contributed by atoms with van der Waals surface area (Å²) in [5.74, 6) is -0.427. The Bertz CT molecular complexity index is 991. The van der Waals surface area contributed by atoms with Crippen LogP contribution < -0.4 is 16.6 Å². The molecule has 0 fully saturated rings. The highest BCUT2D eigenvalue weighted by molar-refractivity contribution is 5.95. The molecule has 4 N–H and O–H groups in total. The normalized spacial score (nSPS) is 11.0. The van der Waals surface area contributed by atoms with Gasteiger partial charge in [0.05, 0.1) is 17.2 Å². The zero-order valence-electron chi connectivity index (χ0n) is 12.4. The number of carbonyl (C=O) groups is 1. The predicted molar refractivity (Wildman–Crippen MR) is 90.1 cm³/mol. The number of anilines is 1. The van der Waals surface area contributed by atoms with Crippen molar-refractivity contribution in [2.24, 2.45) is 5.10 Å². The highest BCUT2D eigenvalue weighted by Gasteiger charge is 2.07. The fourth-order valence-corrected chi connectivity index (χ4v) is 2.08. The van der Waals surface area contributed by atoms with E-state index in [0.717, 1.165) is 0 Å². The number of nitrogen functional groups attached to an aromatic ring is 1. The van der Waals surface area contributed by atoms with E-state index in [9.17, 15) is 14.7 Å². The molecule has 3 aromatic rings. The lowest BCUT2D eigenvalue weighted by Gasteiger charge is -2.01. The predicted octanol–water partition coefficient (Wildman–Crippen LogP) is 1.84. The number of hydrogen-bond acceptors (Lipinski definition) is 6. The van der Waals surface area contributed by atoms with Crippen LogP contribution in [0.2, 0.25) is 0 Å². The largest absolute Gasteiger partial charge is 0.508 e. The summed E-state index contributed by atoms with van der Waals surface area (Å²) < 4.78 is 5.28. The number of amides is 1. The molecule has 0 spiro atoms. The summed E-state index contributed by atoms with van der Waals surface area (Å²) in [5, 5.41) is 13.4. The molecule has 120 valence electrons. The molecule has 0 saturated carbocycles. The molecule has 3 rings (SSSR count). The van der Waals surface area contributed by atoms with Gasteiger partial charge in [-0.3, -0.25) is 9.59 Å². The molecule has 0 radical (unpaired) electrons. The molecule has 0 saturated heterocycles. The lowest BCUT2D eigenvalue weighted by Crippen LogP contribution is -2.18. The summed E-state index contributed by atoms with van der Waals surface area (Å²) in [6, 6.07) is 10.5. The first kappa shape index (κ1) is 15.3. The van der Waals surface area contributed by atoms with Crippen LogP contribution in [0.4, 0.5) is 5.69 Å². The number of hydrazone groups is 1. The lowest BCUT2D eigenvalue weighted by molar-refractivity contribution is 0.0955. The number of rotatable bonds is 3. The second-order valence-corrected chi connectivity index (χ2v) is 5.02. The molecule has 1 amide bonds. The molecular formula is C17H13N3O4. The maximum absolute atomic E-state index is 12.3. The van der Waals surface area contributed by atoms with Crippen molar-refractivity contribution in [3.8, 4) is 5.75 Å². The van der Waals surface area contributed by atoms with E-state index in [1.54, 1.807) is 24.3 Å². The SMILES string of the molecule is Nc1ccc(C(=O)N/N=C/c2coc3cc(O)ccc3c2=O)cc1. The second-order valence-electron chi connectivity index (χ2n) is 5.02. The molecule has 0 aliphatic rings. The van der Waals surface area contributed by atoms with Gasteiger partial charge in [0.15, 0.2) is 0 Å². The number of fused-ring (bicyclic) bond motifs is 1. The summed E-state index contributed by atoms with van der Waals surface area (Å²) >= 11 is 0. The molecular weight excluding hydrogens is 310 g/mol. The molecule has 0 aliphatic heterocycles. The molecule has 0 unspecified atom stereocenters. The van der Waals surface area contributed by atoms with Crippen molar-refractivity contribution in [1.29, 1.82) is 0 Å². The number of nitrogens with one attached hydrogen (secondary N) is 1. The van der Waals surface area contributed by atoms with Gasteiger partial charge in [-0.15, -0.1) is 0 Å². The highest BCUT2D eigenvalue weighted by atomic mass is 16.3. The minimum atomic E-state index is -0.429. The molecule has 0 atom stereocenters. The van der Waals surface area contributed by atoms with Gasteiger partial charge in [-0.1, -0.05) is 0 Å². The third-order valence-electron chi connectivity index (χ3n) is 3.33. The number of carbonyl (C=O) groups excluding carboxylic acids is 1. The van der Waals surface area contributed by atoms with Crippen molar-refractivity contribution in [2.45, 2.75) is 0 Å². The molecule has 0 bridgehead atoms. The van der Waals surface area contributed by atoms with Gasteiger partial charge in [-0.2, -0.15) is 5.10 Å². The third kappa shape index (κ3) is 3.09. The fourth-order valence-electron chi connectivity index (χ4n) is 2.08. The van der Waals surface area contributed by atoms with E-state index in [4.69, 9.17) is 10.2 Å². The van der Waals surface area contributed by atoms with Gasteiger partial charge < -0.3 is 15.3 Å². The van der Waals surface area contributed by atoms with Gasteiger partial charge in [0, 0.05) is 17.3 Å². The van der Waals surface area contributed by atoms with E-state index in [2.05, 4.69) is 10.5 Å². The van der Waals surface area contributed by atoms with Crippen molar-refractivity contribution in [3.63, 3.8) is 0 Å². The fraction of sp³-hybridized carbons (Fsp3) is 0. The van der Waals surface area contributed by atoms with Crippen LogP contribution in [0.5, 0.6) is 5.75 Å². The maximum Gasteiger partial charge on any atom is 0.271 e. The van der Waals surface area contributed by atoms with E-state index < -0.39 is 5.91 Å². The van der Waals surface area contributed by atoms with Crippen molar-refractivity contribution >= 4 is 28.8 Å². The van der Waals surface area contributed by atoms with Gasteiger partial charge in [-0.05, 0) is 36.4 Å². The van der Waals surface area contributed by atoms with E-state index in [1.165, 1.54) is 30.7 Å². The van der Waals surface area contributed by atoms with Crippen LogP contribution in [0.15, 0.2) is 63.0 Å². The van der Waals surface area contributed by atoms with Crippen LogP contribution >= 0.6 is 0 Å². The van der Waals surface area contributed by atoms with Crippen molar-refractivity contribution < 1.29 is 14.3 Å². The van der Waals surface area contributed by atoms with Crippen LogP contribution in [-0.4, -0.2) is 17.2 Å². The summed E-state index contributed by atoms with van der Waals surface area (Å²) in [6.45, 7) is 0. The third-order valence-corrected chi connectivity index (χ3v) is 3.33. The molecule has 0 aliphatic carbocycles. The zero-order valence-corrected chi connectivity index (χ0v) is 12.4. The van der Waals surface area contributed by atoms with E-state index >= 15 is 0 Å². The van der Waals surface area contributed by atoms with Crippen LogP contribution in [0.25, 0.3) is 11.0 Å². The van der Waals surface area contributed by atoms with Crippen molar-refractivity contribution in [1.82, 2.24) is 5.43 Å². The molecule has 7 nitrogen and oxygen atoms in total. The monoisotopic (exact) mass is 323 g/mol. The second kappa shape index (κ2) is 6.25. The van der Waals surface area contributed by atoms with Crippen LogP contribution in [-0.2, 0) is 0 Å². The molecule has 1 heterocycles. The Labute approximate surface area is 136 Å². The first-order valence-corrected chi connectivity index (χ1v) is 6.98. The minimum Gasteiger partial charge on any atom is -0.508 e. The Hall–Kier alpha value is -3.61. The number of phenols is 1. The van der Waals surface area contributed by atoms with Gasteiger partial charge in [-0.25, -0.2) is 5.43 Å². The first-order valence-electron chi connectivity index (χ1n) is 6.98. The Morgan fingerprint density at radius 1 is 1.21 bits per heavy atom. The lowest BCUT2D eigenvalue weighted by atomic mass is 10.2. The number of aromatic hydroxyl groups is 1. The van der Waals surface area contributed by atoms with Crippen LogP contribution in [0.3, 0.4) is 0 Å². The number of nitrogens with two attached hydrogens (primary N) is 1. The van der Waals surface area contributed by atoms with Gasteiger partial charge in [0.2, 0.25) is 5.43 Å². The number of phenolic OH excluding ortho intramolecular Hbond substituents is 1. The first-order chi connectivity index (χ1) is 11.5. The van der Waals surface area contributed by atoms with Gasteiger partial charge in [0.25, 0.3) is 5.91 Å². The maximum atomic E-state index is 12.3. The minimum absolute atomic E-state index is 0.00262. The Morgan fingerprint density at radius 3 is 2.71 bits per heavy atom. The average Bonchev–Trinajstić information content (AvgIpc) is 2.57. The summed E-state index contributed by atoms with van der Waals surface area (Å²) in [5.41, 5.74) is 8.94. The Balaban J connectivity index is 1.79. The van der Waals surface area contributed by atoms with E-state index in [-0.39, 0.29) is 22.3 Å². The zero-order chi connectivity index (χ0) is 17.1. The Kier molecular flexibility index (Phi) is 3.98. The quantitative estimate of drug-likeness (QED) is 0.386. The summed E-state index contributed by atoms with van der Waals surface area (Å²) in [4.78, 5) is 24.1. The smallest absolute Gasteiger partial charge is 0.271 e. The van der Waals surface area contributed by atoms with E-state index in [0.29, 0.717) is 16.6 Å². The summed E-state index contributed by atoms with van der Waals surface area (Å²) in [6.07, 6.45) is 2.41. The van der Waals surface area contributed by atoms with Crippen LogP contribution in [0.1, 0.15) is 15.9 Å². The van der Waals surface area contributed by atoms with E-state index in [1.807, 2.05) is 0 Å². The Morgan fingerprint density at radius 2 is 1.96 bits per heavy atom. The molecule has 1 aromatic heterocycles. The van der Waals surface area contributed by atoms with Gasteiger partial charge in [0.1, 0.15) is 17.6 Å². The van der Waals surface area contributed by atoms with Gasteiger partial charge >= 0.3 is 0 Å². The number of hydrogen-bond donors (Lipinski definition) is 3. The molecule has 7 heteroatoms. The summed E-state index contributed by atoms with van der Waals surface area (Å²) in [7, 11) is 0.